The number of esters is 1. The van der Waals surface area contributed by atoms with E-state index in [1.165, 1.54) is 16.7 Å². The molecule has 0 bridgehead atoms. The molecule has 1 rings (SSSR count). The molecular weight excluding hydrogens is 254 g/mol. The van der Waals surface area contributed by atoms with Crippen molar-refractivity contribution in [2.24, 2.45) is 0 Å². The molecule has 0 aromatic rings. The highest BCUT2D eigenvalue weighted by atomic mass is 32.2. The van der Waals surface area contributed by atoms with Gasteiger partial charge < -0.3 is 9.47 Å². The van der Waals surface area contributed by atoms with Gasteiger partial charge in [0.2, 0.25) is 0 Å². The average molecular weight is 275 g/mol. The minimum absolute atomic E-state index is 0.317. The molecule has 0 saturated carbocycles. The fraction of sp³-hybridized carbons (Fsp3) is 0.833. The largest absolute Gasteiger partial charge is 0.453 e. The van der Waals surface area contributed by atoms with E-state index in [-0.39, 0.29) is 5.97 Å². The number of hydrogen-bond donors (Lipinski definition) is 0. The van der Waals surface area contributed by atoms with Gasteiger partial charge in [-0.3, -0.25) is 4.90 Å². The van der Waals surface area contributed by atoms with Gasteiger partial charge >= 0.3 is 12.1 Å². The number of nitrogens with zero attached hydrogens (tertiary/aromatic N) is 1. The summed E-state index contributed by atoms with van der Waals surface area (Å²) in [4.78, 5) is 25.2. The molecule has 5 nitrogen and oxygen atoms in total. The van der Waals surface area contributed by atoms with E-state index in [0.717, 1.165) is 6.42 Å². The number of ether oxygens (including phenoxy) is 2. The van der Waals surface area contributed by atoms with Crippen LogP contribution in [0.25, 0.3) is 0 Å². The molecule has 1 aliphatic heterocycles. The van der Waals surface area contributed by atoms with Crippen LogP contribution in [0.2, 0.25) is 0 Å². The zero-order valence-corrected chi connectivity index (χ0v) is 12.2. The second-order valence-electron chi connectivity index (χ2n) is 5.20. The molecule has 0 spiro atoms. The lowest BCUT2D eigenvalue weighted by molar-refractivity contribution is -0.146. The van der Waals surface area contributed by atoms with E-state index in [0.29, 0.717) is 18.9 Å². The van der Waals surface area contributed by atoms with E-state index >= 15 is 0 Å². The number of thioether (sulfide) groups is 1. The SMILES string of the molecule is CSCOC(=O)[C@@H]1CCCN1C(=O)OC(C)(C)C. The number of rotatable bonds is 3. The first-order valence-corrected chi connectivity index (χ1v) is 7.40. The molecule has 0 aromatic heterocycles. The van der Waals surface area contributed by atoms with Gasteiger partial charge in [0, 0.05) is 6.54 Å². The summed E-state index contributed by atoms with van der Waals surface area (Å²) in [5.41, 5.74) is -0.548. The minimum Gasteiger partial charge on any atom is -0.453 e. The van der Waals surface area contributed by atoms with Crippen LogP contribution >= 0.6 is 11.8 Å². The van der Waals surface area contributed by atoms with E-state index in [1.54, 1.807) is 0 Å². The molecule has 0 aromatic carbocycles. The fourth-order valence-corrected chi connectivity index (χ4v) is 2.00. The maximum atomic E-state index is 11.9. The molecule has 6 heteroatoms. The predicted octanol–water partition coefficient (Wildman–Crippen LogP) is 2.25. The van der Waals surface area contributed by atoms with Crippen LogP contribution in [-0.4, -0.2) is 47.3 Å². The monoisotopic (exact) mass is 275 g/mol. The second kappa shape index (κ2) is 6.31. The van der Waals surface area contributed by atoms with Crippen LogP contribution in [0.1, 0.15) is 33.6 Å². The van der Waals surface area contributed by atoms with Gasteiger partial charge in [0.25, 0.3) is 0 Å². The smallest absolute Gasteiger partial charge is 0.411 e. The van der Waals surface area contributed by atoms with Crippen LogP contribution in [0.3, 0.4) is 0 Å². The van der Waals surface area contributed by atoms with Gasteiger partial charge in [-0.05, 0) is 39.9 Å². The van der Waals surface area contributed by atoms with Gasteiger partial charge in [-0.25, -0.2) is 9.59 Å². The Kier molecular flexibility index (Phi) is 5.31. The summed E-state index contributed by atoms with van der Waals surface area (Å²) in [5, 5.41) is 0. The predicted molar refractivity (Wildman–Crippen MR) is 70.4 cm³/mol. The van der Waals surface area contributed by atoms with Gasteiger partial charge in [0.15, 0.2) is 0 Å². The molecule has 0 N–H and O–H groups in total. The van der Waals surface area contributed by atoms with Gasteiger partial charge in [0.05, 0.1) is 0 Å². The first-order valence-electron chi connectivity index (χ1n) is 6.00. The number of hydrogen-bond acceptors (Lipinski definition) is 5. The Labute approximate surface area is 112 Å². The summed E-state index contributed by atoms with van der Waals surface area (Å²) >= 11 is 1.43. The lowest BCUT2D eigenvalue weighted by atomic mass is 10.2. The normalized spacial score (nSPS) is 19.8. The fourth-order valence-electron chi connectivity index (χ4n) is 1.76. The maximum absolute atomic E-state index is 11.9. The third-order valence-corrected chi connectivity index (χ3v) is 2.83. The molecule has 1 aliphatic rings. The molecule has 0 radical (unpaired) electrons. The lowest BCUT2D eigenvalue weighted by Gasteiger charge is -2.27. The van der Waals surface area contributed by atoms with Crippen molar-refractivity contribution < 1.29 is 19.1 Å². The van der Waals surface area contributed by atoms with Crippen molar-refractivity contribution in [3.63, 3.8) is 0 Å². The Morgan fingerprint density at radius 1 is 1.39 bits per heavy atom. The van der Waals surface area contributed by atoms with Gasteiger partial charge in [-0.15, -0.1) is 11.8 Å². The molecule has 0 unspecified atom stereocenters. The first kappa shape index (κ1) is 15.1. The molecule has 104 valence electrons. The number of carbonyl (C=O) groups is 2. The maximum Gasteiger partial charge on any atom is 0.411 e. The quantitative estimate of drug-likeness (QED) is 0.584. The van der Waals surface area contributed by atoms with Crippen LogP contribution < -0.4 is 0 Å². The van der Waals surface area contributed by atoms with Crippen molar-refractivity contribution in [3.8, 4) is 0 Å². The zero-order valence-electron chi connectivity index (χ0n) is 11.4. The molecule has 1 saturated heterocycles. The Morgan fingerprint density at radius 2 is 2.06 bits per heavy atom. The van der Waals surface area contributed by atoms with Crippen molar-refractivity contribution in [1.82, 2.24) is 4.90 Å². The Bertz CT molecular complexity index is 314. The van der Waals surface area contributed by atoms with E-state index < -0.39 is 17.7 Å². The highest BCUT2D eigenvalue weighted by Gasteiger charge is 2.37. The van der Waals surface area contributed by atoms with E-state index in [9.17, 15) is 9.59 Å². The van der Waals surface area contributed by atoms with Crippen molar-refractivity contribution in [3.05, 3.63) is 0 Å². The van der Waals surface area contributed by atoms with Crippen LogP contribution in [0.5, 0.6) is 0 Å². The Hall–Kier alpha value is -0.910. The topological polar surface area (TPSA) is 55.8 Å². The van der Waals surface area contributed by atoms with Gasteiger partial charge in [-0.2, -0.15) is 0 Å². The van der Waals surface area contributed by atoms with E-state index in [4.69, 9.17) is 9.47 Å². The summed E-state index contributed by atoms with van der Waals surface area (Å²) in [6.45, 7) is 5.97. The van der Waals surface area contributed by atoms with E-state index in [1.807, 2.05) is 27.0 Å². The van der Waals surface area contributed by atoms with Crippen molar-refractivity contribution >= 4 is 23.8 Å². The average Bonchev–Trinajstić information content (AvgIpc) is 2.72. The minimum atomic E-state index is -0.548. The highest BCUT2D eigenvalue weighted by molar-refractivity contribution is 7.98. The third kappa shape index (κ3) is 4.40. The van der Waals surface area contributed by atoms with Crippen molar-refractivity contribution in [2.75, 3.05) is 18.7 Å². The molecule has 0 aliphatic carbocycles. The lowest BCUT2D eigenvalue weighted by Crippen LogP contribution is -2.44. The van der Waals surface area contributed by atoms with Crippen LogP contribution in [0, 0.1) is 0 Å². The number of amides is 1. The zero-order chi connectivity index (χ0) is 13.8. The number of likely N-dealkylation sites (tertiary alicyclic amines) is 1. The molecule has 1 heterocycles. The Morgan fingerprint density at radius 3 is 2.61 bits per heavy atom. The first-order chi connectivity index (χ1) is 8.35. The summed E-state index contributed by atoms with van der Waals surface area (Å²) in [7, 11) is 0. The Balaban J connectivity index is 2.59. The van der Waals surface area contributed by atoms with Crippen LogP contribution in [0.15, 0.2) is 0 Å². The second-order valence-corrected chi connectivity index (χ2v) is 6.01. The number of carbonyl (C=O) groups excluding carboxylic acids is 2. The summed E-state index contributed by atoms with van der Waals surface area (Å²) in [5.74, 6) is -0.0231. The molecular formula is C12H21NO4S. The van der Waals surface area contributed by atoms with Crippen molar-refractivity contribution in [1.29, 1.82) is 0 Å². The van der Waals surface area contributed by atoms with Gasteiger partial charge in [-0.1, -0.05) is 0 Å². The summed E-state index contributed by atoms with van der Waals surface area (Å²) in [6.07, 6.45) is 2.87. The third-order valence-electron chi connectivity index (χ3n) is 2.47. The van der Waals surface area contributed by atoms with Gasteiger partial charge in [0.1, 0.15) is 17.6 Å². The summed E-state index contributed by atoms with van der Waals surface area (Å²) < 4.78 is 10.3. The summed E-state index contributed by atoms with van der Waals surface area (Å²) in [6, 6.07) is -0.494. The molecule has 1 atom stereocenters. The molecule has 1 amide bonds. The highest BCUT2D eigenvalue weighted by Crippen LogP contribution is 2.22. The molecule has 1 fully saturated rings. The van der Waals surface area contributed by atoms with E-state index in [2.05, 4.69) is 0 Å². The van der Waals surface area contributed by atoms with Crippen LogP contribution in [0.4, 0.5) is 4.79 Å². The van der Waals surface area contributed by atoms with Crippen molar-refractivity contribution in [2.45, 2.75) is 45.3 Å². The standard InChI is InChI=1S/C12H21NO4S/c1-12(2,3)17-11(15)13-7-5-6-9(13)10(14)16-8-18-4/h9H,5-8H2,1-4H3/t9-/m0/s1. The van der Waals surface area contributed by atoms with Crippen LogP contribution in [-0.2, 0) is 14.3 Å². The molecule has 18 heavy (non-hydrogen) atoms.